The molecular weight excluding hydrogens is 264 g/mol. The van der Waals surface area contributed by atoms with Crippen molar-refractivity contribution in [2.45, 2.75) is 45.3 Å². The summed E-state index contributed by atoms with van der Waals surface area (Å²) >= 11 is 0. The van der Waals surface area contributed by atoms with Crippen molar-refractivity contribution in [2.75, 3.05) is 6.54 Å². The summed E-state index contributed by atoms with van der Waals surface area (Å²) in [6.45, 7) is 5.87. The summed E-state index contributed by atoms with van der Waals surface area (Å²) in [5.41, 5.74) is -0.744. The number of ether oxygens (including phenoxy) is 1. The topological polar surface area (TPSA) is 92.9 Å². The molecule has 2 heterocycles. The molecular formula is C13H18N2O5. The molecule has 0 spiro atoms. The number of carbonyl (C=O) groups is 2. The van der Waals surface area contributed by atoms with Crippen molar-refractivity contribution in [3.63, 3.8) is 0 Å². The van der Waals surface area contributed by atoms with Crippen molar-refractivity contribution in [1.82, 2.24) is 9.88 Å². The van der Waals surface area contributed by atoms with Gasteiger partial charge in [-0.05, 0) is 33.6 Å². The lowest BCUT2D eigenvalue weighted by atomic mass is 10.1. The molecule has 7 heteroatoms. The van der Waals surface area contributed by atoms with Crippen LogP contribution in [-0.4, -0.2) is 39.2 Å². The van der Waals surface area contributed by atoms with Crippen LogP contribution in [-0.2, 0) is 4.74 Å². The van der Waals surface area contributed by atoms with Crippen LogP contribution in [0.1, 0.15) is 55.9 Å². The van der Waals surface area contributed by atoms with E-state index in [1.54, 1.807) is 20.8 Å². The Bertz CT molecular complexity index is 517. The van der Waals surface area contributed by atoms with Crippen LogP contribution in [0.4, 0.5) is 4.79 Å². The summed E-state index contributed by atoms with van der Waals surface area (Å²) < 4.78 is 10.5. The Morgan fingerprint density at radius 3 is 2.80 bits per heavy atom. The van der Waals surface area contributed by atoms with Gasteiger partial charge in [0.1, 0.15) is 5.60 Å². The molecule has 1 unspecified atom stereocenters. The molecule has 7 nitrogen and oxygen atoms in total. The Morgan fingerprint density at radius 2 is 2.20 bits per heavy atom. The number of rotatable bonds is 2. The van der Waals surface area contributed by atoms with Crippen LogP contribution in [0.5, 0.6) is 0 Å². The summed E-state index contributed by atoms with van der Waals surface area (Å²) in [4.78, 5) is 28.4. The second kappa shape index (κ2) is 5.15. The summed E-state index contributed by atoms with van der Waals surface area (Å²) in [5.74, 6) is -0.953. The number of likely N-dealkylation sites (tertiary alicyclic amines) is 1. The molecule has 1 aromatic heterocycles. The predicted molar refractivity (Wildman–Crippen MR) is 68.4 cm³/mol. The highest BCUT2D eigenvalue weighted by Crippen LogP contribution is 2.34. The molecule has 1 atom stereocenters. The Morgan fingerprint density at radius 1 is 1.50 bits per heavy atom. The van der Waals surface area contributed by atoms with E-state index in [0.717, 1.165) is 12.8 Å². The molecule has 2 rings (SSSR count). The molecule has 1 aromatic rings. The molecule has 1 N–H and O–H groups in total. The zero-order valence-electron chi connectivity index (χ0n) is 11.8. The first kappa shape index (κ1) is 14.4. The van der Waals surface area contributed by atoms with Crippen LogP contribution in [0.25, 0.3) is 0 Å². The van der Waals surface area contributed by atoms with Gasteiger partial charge in [-0.1, -0.05) is 0 Å². The van der Waals surface area contributed by atoms with E-state index in [2.05, 4.69) is 4.98 Å². The first-order valence-electron chi connectivity index (χ1n) is 6.46. The van der Waals surface area contributed by atoms with Gasteiger partial charge in [-0.25, -0.2) is 14.6 Å². The molecule has 1 saturated heterocycles. The van der Waals surface area contributed by atoms with Gasteiger partial charge in [0.05, 0.1) is 6.04 Å². The van der Waals surface area contributed by atoms with Crippen molar-refractivity contribution in [3.8, 4) is 0 Å². The van der Waals surface area contributed by atoms with Gasteiger partial charge < -0.3 is 14.3 Å². The van der Waals surface area contributed by atoms with Gasteiger partial charge in [0.2, 0.25) is 0 Å². The standard InChI is InChI=1S/C13H18N2O5/c1-13(2,3)20-12(18)15-6-4-5-8(15)10-9(11(16)17)14-7-19-10/h7-8H,4-6H2,1-3H3,(H,16,17). The predicted octanol–water partition coefficient (Wildman–Crippen LogP) is 2.44. The third-order valence-electron chi connectivity index (χ3n) is 2.98. The second-order valence-corrected chi connectivity index (χ2v) is 5.70. The number of carboxylic acids is 1. The molecule has 1 aliphatic rings. The minimum absolute atomic E-state index is 0.148. The molecule has 1 amide bonds. The van der Waals surface area contributed by atoms with Crippen molar-refractivity contribution in [3.05, 3.63) is 17.8 Å². The summed E-state index contributed by atoms with van der Waals surface area (Å²) in [5, 5.41) is 9.07. The number of nitrogens with zero attached hydrogens (tertiary/aromatic N) is 2. The van der Waals surface area contributed by atoms with Crippen LogP contribution in [0, 0.1) is 0 Å². The van der Waals surface area contributed by atoms with Crippen LogP contribution in [0.3, 0.4) is 0 Å². The van der Waals surface area contributed by atoms with Crippen LogP contribution in [0.2, 0.25) is 0 Å². The fourth-order valence-corrected chi connectivity index (χ4v) is 2.23. The highest BCUT2D eigenvalue weighted by Gasteiger charge is 2.37. The lowest BCUT2D eigenvalue weighted by Gasteiger charge is -2.27. The minimum atomic E-state index is -1.16. The van der Waals surface area contributed by atoms with Gasteiger partial charge in [-0.15, -0.1) is 0 Å². The quantitative estimate of drug-likeness (QED) is 0.895. The molecule has 110 valence electrons. The summed E-state index contributed by atoms with van der Waals surface area (Å²) in [7, 11) is 0. The van der Waals surface area contributed by atoms with Gasteiger partial charge in [0, 0.05) is 6.54 Å². The molecule has 1 aliphatic heterocycles. The summed E-state index contributed by atoms with van der Waals surface area (Å²) in [6.07, 6.45) is 2.02. The lowest BCUT2D eigenvalue weighted by molar-refractivity contribution is 0.0205. The first-order chi connectivity index (χ1) is 9.29. The van der Waals surface area contributed by atoms with Crippen LogP contribution < -0.4 is 0 Å². The molecule has 20 heavy (non-hydrogen) atoms. The Balaban J connectivity index is 2.21. The molecule has 0 aromatic carbocycles. The van der Waals surface area contributed by atoms with E-state index in [9.17, 15) is 9.59 Å². The summed E-state index contributed by atoms with van der Waals surface area (Å²) in [6, 6.07) is -0.432. The highest BCUT2D eigenvalue weighted by molar-refractivity contribution is 5.86. The van der Waals surface area contributed by atoms with Crippen LogP contribution >= 0.6 is 0 Å². The number of amides is 1. The molecule has 0 aliphatic carbocycles. The van der Waals surface area contributed by atoms with Crippen molar-refractivity contribution >= 4 is 12.1 Å². The van der Waals surface area contributed by atoms with Crippen molar-refractivity contribution in [1.29, 1.82) is 0 Å². The third-order valence-corrected chi connectivity index (χ3v) is 2.98. The number of carboxylic acid groups (broad SMARTS) is 1. The minimum Gasteiger partial charge on any atom is -0.476 e. The average molecular weight is 282 g/mol. The van der Waals surface area contributed by atoms with E-state index < -0.39 is 23.7 Å². The van der Waals surface area contributed by atoms with E-state index in [1.165, 1.54) is 4.90 Å². The fourth-order valence-electron chi connectivity index (χ4n) is 2.23. The van der Waals surface area contributed by atoms with Crippen molar-refractivity contribution in [2.24, 2.45) is 0 Å². The van der Waals surface area contributed by atoms with E-state index in [4.69, 9.17) is 14.3 Å². The largest absolute Gasteiger partial charge is 0.476 e. The zero-order valence-corrected chi connectivity index (χ0v) is 11.8. The lowest BCUT2D eigenvalue weighted by Crippen LogP contribution is -2.36. The third kappa shape index (κ3) is 2.92. The maximum absolute atomic E-state index is 12.1. The molecule has 0 saturated carbocycles. The van der Waals surface area contributed by atoms with Gasteiger partial charge in [-0.3, -0.25) is 4.90 Å². The molecule has 0 bridgehead atoms. The second-order valence-electron chi connectivity index (χ2n) is 5.70. The Hall–Kier alpha value is -2.05. The van der Waals surface area contributed by atoms with E-state index in [0.29, 0.717) is 13.0 Å². The zero-order chi connectivity index (χ0) is 14.9. The fraction of sp³-hybridized carbons (Fsp3) is 0.615. The smallest absolute Gasteiger partial charge is 0.410 e. The number of hydrogen-bond donors (Lipinski definition) is 1. The first-order valence-corrected chi connectivity index (χ1v) is 6.46. The van der Waals surface area contributed by atoms with Crippen LogP contribution in [0.15, 0.2) is 10.8 Å². The Labute approximate surface area is 116 Å². The molecule has 0 radical (unpaired) electrons. The maximum atomic E-state index is 12.1. The SMILES string of the molecule is CC(C)(C)OC(=O)N1CCCC1c1ocnc1C(=O)O. The number of aromatic carboxylic acids is 1. The van der Waals surface area contributed by atoms with Gasteiger partial charge in [0.25, 0.3) is 0 Å². The number of hydrogen-bond acceptors (Lipinski definition) is 5. The van der Waals surface area contributed by atoms with E-state index in [1.807, 2.05) is 0 Å². The number of oxazole rings is 1. The Kier molecular flexibility index (Phi) is 3.69. The van der Waals surface area contributed by atoms with E-state index >= 15 is 0 Å². The number of aromatic nitrogens is 1. The molecule has 1 fully saturated rings. The van der Waals surface area contributed by atoms with Gasteiger partial charge >= 0.3 is 12.1 Å². The monoisotopic (exact) mass is 282 g/mol. The normalized spacial score (nSPS) is 19.1. The maximum Gasteiger partial charge on any atom is 0.410 e. The van der Waals surface area contributed by atoms with Crippen molar-refractivity contribution < 1.29 is 23.8 Å². The average Bonchev–Trinajstić information content (AvgIpc) is 2.95. The number of carbonyl (C=O) groups excluding carboxylic acids is 1. The van der Waals surface area contributed by atoms with E-state index in [-0.39, 0.29) is 11.5 Å². The van der Waals surface area contributed by atoms with Gasteiger partial charge in [-0.2, -0.15) is 0 Å². The van der Waals surface area contributed by atoms with Gasteiger partial charge in [0.15, 0.2) is 17.8 Å². The highest BCUT2D eigenvalue weighted by atomic mass is 16.6.